The molecule has 1 aromatic heterocycles. The number of rotatable bonds is 6. The van der Waals surface area contributed by atoms with Crippen LogP contribution in [-0.4, -0.2) is 24.7 Å². The predicted molar refractivity (Wildman–Crippen MR) is 106 cm³/mol. The number of halogens is 1. The number of hydrogen-bond donors (Lipinski definition) is 1. The molecule has 0 saturated heterocycles. The molecule has 2 aromatic carbocycles. The number of carbonyl (C=O) groups excluding carboxylic acids is 1. The third-order valence-corrected chi connectivity index (χ3v) is 4.69. The Morgan fingerprint density at radius 1 is 1.04 bits per heavy atom. The van der Waals surface area contributed by atoms with Gasteiger partial charge in [-0.3, -0.25) is 4.79 Å². The molecule has 1 N–H and O–H groups in total. The number of amides is 1. The molecule has 5 nitrogen and oxygen atoms in total. The molecule has 1 heterocycles. The molecule has 0 unspecified atom stereocenters. The Labute approximate surface area is 163 Å². The first-order valence-electron chi connectivity index (χ1n) is 8.88. The zero-order valence-electron chi connectivity index (χ0n) is 16.4. The van der Waals surface area contributed by atoms with Gasteiger partial charge in [-0.05, 0) is 62.4 Å². The van der Waals surface area contributed by atoms with Crippen LogP contribution >= 0.6 is 0 Å². The minimum atomic E-state index is -0.295. The molecule has 0 aliphatic carbocycles. The minimum absolute atomic E-state index is 0.189. The third kappa shape index (κ3) is 3.86. The molecule has 0 aliphatic heterocycles. The smallest absolute Gasteiger partial charge is 0.253 e. The van der Waals surface area contributed by atoms with Crippen LogP contribution in [0, 0.1) is 19.7 Å². The summed E-state index contributed by atoms with van der Waals surface area (Å²) < 4.78 is 25.8. The Balaban J connectivity index is 1.82. The van der Waals surface area contributed by atoms with E-state index in [4.69, 9.17) is 9.47 Å². The lowest BCUT2D eigenvalue weighted by molar-refractivity contribution is 0.0950. The van der Waals surface area contributed by atoms with Gasteiger partial charge in [0.05, 0.1) is 19.8 Å². The van der Waals surface area contributed by atoms with Crippen LogP contribution in [0.15, 0.2) is 48.5 Å². The molecule has 146 valence electrons. The highest BCUT2D eigenvalue weighted by molar-refractivity contribution is 5.95. The van der Waals surface area contributed by atoms with Crippen LogP contribution in [0.2, 0.25) is 0 Å². The maximum Gasteiger partial charge on any atom is 0.253 e. The van der Waals surface area contributed by atoms with Crippen LogP contribution < -0.4 is 14.8 Å². The van der Waals surface area contributed by atoms with E-state index in [0.717, 1.165) is 22.6 Å². The normalized spacial score (nSPS) is 10.6. The van der Waals surface area contributed by atoms with Crippen molar-refractivity contribution in [3.63, 3.8) is 0 Å². The molecule has 0 radical (unpaired) electrons. The predicted octanol–water partition coefficient (Wildman–Crippen LogP) is 4.18. The molecule has 3 rings (SSSR count). The van der Waals surface area contributed by atoms with Crippen molar-refractivity contribution in [1.82, 2.24) is 9.88 Å². The van der Waals surface area contributed by atoms with E-state index in [9.17, 15) is 9.18 Å². The Bertz CT molecular complexity index is 994. The van der Waals surface area contributed by atoms with Crippen molar-refractivity contribution in [1.29, 1.82) is 0 Å². The van der Waals surface area contributed by atoms with Gasteiger partial charge >= 0.3 is 0 Å². The van der Waals surface area contributed by atoms with Gasteiger partial charge in [-0.1, -0.05) is 0 Å². The van der Waals surface area contributed by atoms with Crippen molar-refractivity contribution in [2.24, 2.45) is 0 Å². The first kappa shape index (κ1) is 19.5. The SMILES string of the molecule is COc1ccc(OC)c(CNC(=O)c2cc(C)n(-c3ccc(F)cc3)c2C)c1. The number of nitrogens with zero attached hydrogens (tertiary/aromatic N) is 1. The second kappa shape index (κ2) is 8.17. The van der Waals surface area contributed by atoms with E-state index in [1.54, 1.807) is 38.5 Å². The minimum Gasteiger partial charge on any atom is -0.497 e. The summed E-state index contributed by atoms with van der Waals surface area (Å²) in [6.07, 6.45) is 0. The summed E-state index contributed by atoms with van der Waals surface area (Å²) in [5.74, 6) is 0.889. The van der Waals surface area contributed by atoms with Crippen LogP contribution in [0.5, 0.6) is 11.5 Å². The van der Waals surface area contributed by atoms with Gasteiger partial charge in [-0.2, -0.15) is 0 Å². The first-order valence-corrected chi connectivity index (χ1v) is 8.88. The van der Waals surface area contributed by atoms with Crippen molar-refractivity contribution >= 4 is 5.91 Å². The van der Waals surface area contributed by atoms with E-state index >= 15 is 0 Å². The van der Waals surface area contributed by atoms with Gasteiger partial charge in [-0.25, -0.2) is 4.39 Å². The highest BCUT2D eigenvalue weighted by atomic mass is 19.1. The number of aromatic nitrogens is 1. The Hall–Kier alpha value is -3.28. The molecule has 0 spiro atoms. The first-order chi connectivity index (χ1) is 13.4. The lowest BCUT2D eigenvalue weighted by Crippen LogP contribution is -2.23. The van der Waals surface area contributed by atoms with Crippen LogP contribution in [-0.2, 0) is 6.54 Å². The van der Waals surface area contributed by atoms with E-state index in [1.807, 2.05) is 30.5 Å². The number of ether oxygens (including phenoxy) is 2. The molecular weight excluding hydrogens is 359 g/mol. The van der Waals surface area contributed by atoms with Crippen molar-refractivity contribution in [3.8, 4) is 17.2 Å². The monoisotopic (exact) mass is 382 g/mol. The average Bonchev–Trinajstić information content (AvgIpc) is 3.00. The largest absolute Gasteiger partial charge is 0.497 e. The third-order valence-electron chi connectivity index (χ3n) is 4.69. The molecule has 3 aromatic rings. The topological polar surface area (TPSA) is 52.5 Å². The van der Waals surface area contributed by atoms with Crippen LogP contribution in [0.4, 0.5) is 4.39 Å². The Morgan fingerprint density at radius 2 is 1.75 bits per heavy atom. The quantitative estimate of drug-likeness (QED) is 0.696. The van der Waals surface area contributed by atoms with E-state index in [-0.39, 0.29) is 11.7 Å². The standard InChI is InChI=1S/C22H23FN2O3/c1-14-11-20(15(2)25(14)18-7-5-17(23)6-8-18)22(26)24-13-16-12-19(27-3)9-10-21(16)28-4/h5-12H,13H2,1-4H3,(H,24,26). The van der Waals surface area contributed by atoms with Crippen LogP contribution in [0.3, 0.4) is 0 Å². The summed E-state index contributed by atoms with van der Waals surface area (Å²) in [5.41, 5.74) is 3.89. The summed E-state index contributed by atoms with van der Waals surface area (Å²) >= 11 is 0. The molecule has 0 bridgehead atoms. The summed E-state index contributed by atoms with van der Waals surface area (Å²) in [7, 11) is 3.18. The lowest BCUT2D eigenvalue weighted by Gasteiger charge is -2.12. The summed E-state index contributed by atoms with van der Waals surface area (Å²) in [6.45, 7) is 4.09. The second-order valence-corrected chi connectivity index (χ2v) is 6.46. The molecule has 0 saturated carbocycles. The second-order valence-electron chi connectivity index (χ2n) is 6.46. The summed E-state index contributed by atoms with van der Waals surface area (Å²) in [6, 6.07) is 13.5. The van der Waals surface area contributed by atoms with E-state index in [2.05, 4.69) is 5.32 Å². The number of methoxy groups -OCH3 is 2. The van der Waals surface area contributed by atoms with E-state index in [1.165, 1.54) is 12.1 Å². The van der Waals surface area contributed by atoms with Crippen LogP contribution in [0.1, 0.15) is 27.3 Å². The van der Waals surface area contributed by atoms with Gasteiger partial charge in [0.15, 0.2) is 0 Å². The van der Waals surface area contributed by atoms with Gasteiger partial charge in [0.25, 0.3) is 5.91 Å². The molecule has 1 amide bonds. The maximum atomic E-state index is 13.2. The highest BCUT2D eigenvalue weighted by Crippen LogP contribution is 2.25. The van der Waals surface area contributed by atoms with Crippen molar-refractivity contribution in [2.75, 3.05) is 14.2 Å². The van der Waals surface area contributed by atoms with Gasteiger partial charge in [0.2, 0.25) is 0 Å². The summed E-state index contributed by atoms with van der Waals surface area (Å²) in [5, 5.41) is 2.94. The summed E-state index contributed by atoms with van der Waals surface area (Å²) in [4.78, 5) is 12.8. The molecule has 0 atom stereocenters. The average molecular weight is 382 g/mol. The molecule has 6 heteroatoms. The fourth-order valence-electron chi connectivity index (χ4n) is 3.27. The number of nitrogens with one attached hydrogen (secondary N) is 1. The van der Waals surface area contributed by atoms with E-state index < -0.39 is 0 Å². The zero-order chi connectivity index (χ0) is 20.3. The Kier molecular flexibility index (Phi) is 5.68. The number of benzene rings is 2. The molecule has 0 aliphatic rings. The fraction of sp³-hybridized carbons (Fsp3) is 0.227. The number of hydrogen-bond acceptors (Lipinski definition) is 3. The Morgan fingerprint density at radius 3 is 2.39 bits per heavy atom. The van der Waals surface area contributed by atoms with Gasteiger partial charge in [0, 0.05) is 29.2 Å². The molecular formula is C22H23FN2O3. The lowest BCUT2D eigenvalue weighted by atomic mass is 10.1. The van der Waals surface area contributed by atoms with Crippen molar-refractivity contribution < 1.29 is 18.7 Å². The maximum absolute atomic E-state index is 13.2. The number of aryl methyl sites for hydroxylation is 1. The van der Waals surface area contributed by atoms with Crippen LogP contribution in [0.25, 0.3) is 5.69 Å². The van der Waals surface area contributed by atoms with E-state index in [0.29, 0.717) is 23.6 Å². The molecule has 28 heavy (non-hydrogen) atoms. The highest BCUT2D eigenvalue weighted by Gasteiger charge is 2.17. The van der Waals surface area contributed by atoms with Gasteiger partial charge < -0.3 is 19.4 Å². The fourth-order valence-corrected chi connectivity index (χ4v) is 3.27. The van der Waals surface area contributed by atoms with Crippen molar-refractivity contribution in [2.45, 2.75) is 20.4 Å². The van der Waals surface area contributed by atoms with Gasteiger partial charge in [-0.15, -0.1) is 0 Å². The van der Waals surface area contributed by atoms with Gasteiger partial charge in [0.1, 0.15) is 17.3 Å². The zero-order valence-corrected chi connectivity index (χ0v) is 16.4. The number of carbonyl (C=O) groups is 1. The molecule has 0 fully saturated rings. The van der Waals surface area contributed by atoms with Crippen molar-refractivity contribution in [3.05, 3.63) is 76.9 Å².